The number of nitrogens with two attached hydrogens (primary N) is 1. The summed E-state index contributed by atoms with van der Waals surface area (Å²) in [6.07, 6.45) is 3.70. The Labute approximate surface area is 113 Å². The summed E-state index contributed by atoms with van der Waals surface area (Å²) in [7, 11) is 1.90. The Bertz CT molecular complexity index is 742. The molecule has 0 atom stereocenters. The Balaban J connectivity index is 1.84. The van der Waals surface area contributed by atoms with Crippen LogP contribution in [0.5, 0.6) is 0 Å². The van der Waals surface area contributed by atoms with Crippen LogP contribution in [0.1, 0.15) is 5.56 Å². The van der Waals surface area contributed by atoms with Crippen molar-refractivity contribution >= 4 is 39.4 Å². The van der Waals surface area contributed by atoms with Gasteiger partial charge in [0.1, 0.15) is 11.3 Å². The van der Waals surface area contributed by atoms with E-state index in [1.165, 1.54) is 11.3 Å². The summed E-state index contributed by atoms with van der Waals surface area (Å²) < 4.78 is 1.79. The average molecular weight is 272 g/mol. The second kappa shape index (κ2) is 4.69. The lowest BCUT2D eigenvalue weighted by Crippen LogP contribution is -1.92. The molecule has 96 valence electrons. The van der Waals surface area contributed by atoms with Crippen molar-refractivity contribution in [1.82, 2.24) is 14.8 Å². The van der Waals surface area contributed by atoms with Crippen LogP contribution in [-0.4, -0.2) is 21.0 Å². The summed E-state index contributed by atoms with van der Waals surface area (Å²) >= 11 is 1.41. The van der Waals surface area contributed by atoms with Crippen LogP contribution in [-0.2, 0) is 7.05 Å². The maximum Gasteiger partial charge on any atom is 0.205 e. The van der Waals surface area contributed by atoms with E-state index in [0.717, 1.165) is 16.5 Å². The van der Waals surface area contributed by atoms with E-state index in [2.05, 4.69) is 20.6 Å². The van der Waals surface area contributed by atoms with Crippen LogP contribution in [0, 0.1) is 0 Å². The molecule has 0 aliphatic heterocycles. The molecule has 7 heteroatoms. The van der Waals surface area contributed by atoms with E-state index in [4.69, 9.17) is 5.73 Å². The van der Waals surface area contributed by atoms with Gasteiger partial charge in [-0.3, -0.25) is 10.1 Å². The van der Waals surface area contributed by atoms with Crippen LogP contribution in [0.25, 0.3) is 10.9 Å². The van der Waals surface area contributed by atoms with Gasteiger partial charge in [-0.15, -0.1) is 11.3 Å². The molecular formula is C12H12N6S. The van der Waals surface area contributed by atoms with Crippen molar-refractivity contribution in [3.8, 4) is 0 Å². The molecule has 0 fully saturated rings. The van der Waals surface area contributed by atoms with Crippen LogP contribution >= 0.6 is 11.3 Å². The van der Waals surface area contributed by atoms with Crippen LogP contribution in [0.15, 0.2) is 34.9 Å². The third-order valence-electron chi connectivity index (χ3n) is 2.57. The molecule has 0 aliphatic carbocycles. The highest BCUT2D eigenvalue weighted by molar-refractivity contribution is 7.14. The van der Waals surface area contributed by atoms with E-state index in [1.54, 1.807) is 16.3 Å². The zero-order valence-electron chi connectivity index (χ0n) is 10.2. The minimum atomic E-state index is 0.495. The molecule has 0 amide bonds. The minimum Gasteiger partial charge on any atom is -0.383 e. The van der Waals surface area contributed by atoms with Gasteiger partial charge in [-0.2, -0.15) is 10.2 Å². The van der Waals surface area contributed by atoms with E-state index in [-0.39, 0.29) is 0 Å². The highest BCUT2D eigenvalue weighted by Crippen LogP contribution is 2.17. The number of thiazole rings is 1. The number of anilines is 2. The zero-order valence-corrected chi connectivity index (χ0v) is 11.1. The fourth-order valence-electron chi connectivity index (χ4n) is 1.79. The number of nitrogens with zero attached hydrogens (tertiary/aromatic N) is 4. The van der Waals surface area contributed by atoms with Gasteiger partial charge < -0.3 is 5.73 Å². The Hall–Kier alpha value is -2.41. The van der Waals surface area contributed by atoms with Crippen molar-refractivity contribution in [3.05, 3.63) is 35.3 Å². The molecule has 3 N–H and O–H groups in total. The number of nitrogen functional groups attached to an aromatic ring is 1. The summed E-state index contributed by atoms with van der Waals surface area (Å²) in [5.74, 6) is 0.495. The second-order valence-corrected chi connectivity index (χ2v) is 4.89. The molecule has 19 heavy (non-hydrogen) atoms. The largest absolute Gasteiger partial charge is 0.383 e. The number of hydrazone groups is 1. The van der Waals surface area contributed by atoms with E-state index in [9.17, 15) is 0 Å². The molecule has 3 aromatic rings. The maximum absolute atomic E-state index is 5.53. The zero-order chi connectivity index (χ0) is 13.2. The first-order valence-corrected chi connectivity index (χ1v) is 6.53. The summed E-state index contributed by atoms with van der Waals surface area (Å²) in [6.45, 7) is 0. The lowest BCUT2D eigenvalue weighted by molar-refractivity contribution is 0.779. The van der Waals surface area contributed by atoms with Crippen molar-refractivity contribution in [1.29, 1.82) is 0 Å². The van der Waals surface area contributed by atoms with Gasteiger partial charge in [0.05, 0.1) is 6.21 Å². The molecule has 6 nitrogen and oxygen atoms in total. The van der Waals surface area contributed by atoms with Gasteiger partial charge in [0.25, 0.3) is 0 Å². The molecule has 0 aliphatic rings. The molecule has 0 saturated carbocycles. The van der Waals surface area contributed by atoms with Gasteiger partial charge in [-0.05, 0) is 0 Å². The summed E-state index contributed by atoms with van der Waals surface area (Å²) in [5, 5.41) is 12.1. The van der Waals surface area contributed by atoms with Gasteiger partial charge in [-0.1, -0.05) is 18.2 Å². The molecular weight excluding hydrogens is 260 g/mol. The predicted octanol–water partition coefficient (Wildman–Crippen LogP) is 2.06. The van der Waals surface area contributed by atoms with Crippen LogP contribution in [0.2, 0.25) is 0 Å². The normalized spacial score (nSPS) is 11.4. The van der Waals surface area contributed by atoms with Gasteiger partial charge >= 0.3 is 0 Å². The Morgan fingerprint density at radius 1 is 1.47 bits per heavy atom. The van der Waals surface area contributed by atoms with E-state index in [1.807, 2.05) is 31.4 Å². The molecule has 0 saturated heterocycles. The summed E-state index contributed by atoms with van der Waals surface area (Å²) in [6, 6.07) is 5.97. The fourth-order valence-corrected chi connectivity index (χ4v) is 2.33. The van der Waals surface area contributed by atoms with Gasteiger partial charge in [0.15, 0.2) is 0 Å². The van der Waals surface area contributed by atoms with Crippen LogP contribution in [0.4, 0.5) is 10.9 Å². The maximum atomic E-state index is 5.53. The smallest absolute Gasteiger partial charge is 0.205 e. The number of aromatic nitrogens is 3. The quantitative estimate of drug-likeness (QED) is 0.565. The van der Waals surface area contributed by atoms with E-state index >= 15 is 0 Å². The third kappa shape index (κ3) is 2.41. The van der Waals surface area contributed by atoms with Gasteiger partial charge in [0, 0.05) is 29.6 Å². The Morgan fingerprint density at radius 2 is 2.37 bits per heavy atom. The predicted molar refractivity (Wildman–Crippen MR) is 78.5 cm³/mol. The Kier molecular flexibility index (Phi) is 2.88. The number of nitrogens with one attached hydrogen (secondary N) is 1. The average Bonchev–Trinajstić information content (AvgIpc) is 2.95. The summed E-state index contributed by atoms with van der Waals surface area (Å²) in [5.41, 5.74) is 10.3. The molecule has 0 spiro atoms. The first-order chi connectivity index (χ1) is 9.22. The SMILES string of the molecule is Cn1cc2cccc(C=NNc3nc(N)cs3)c2n1. The topological polar surface area (TPSA) is 81.1 Å². The lowest BCUT2D eigenvalue weighted by atomic mass is 10.2. The van der Waals surface area contributed by atoms with E-state index < -0.39 is 0 Å². The highest BCUT2D eigenvalue weighted by Gasteiger charge is 2.02. The third-order valence-corrected chi connectivity index (χ3v) is 3.33. The minimum absolute atomic E-state index is 0.495. The fraction of sp³-hybridized carbons (Fsp3) is 0.0833. The molecule has 3 rings (SSSR count). The van der Waals surface area contributed by atoms with Crippen LogP contribution < -0.4 is 11.2 Å². The first kappa shape index (κ1) is 11.7. The highest BCUT2D eigenvalue weighted by atomic mass is 32.1. The van der Waals surface area contributed by atoms with Crippen molar-refractivity contribution in [3.63, 3.8) is 0 Å². The number of hydrogen-bond acceptors (Lipinski definition) is 6. The number of benzene rings is 1. The van der Waals surface area contributed by atoms with Crippen LogP contribution in [0.3, 0.4) is 0 Å². The van der Waals surface area contributed by atoms with Gasteiger partial charge in [-0.25, -0.2) is 4.98 Å². The number of aryl methyl sites for hydroxylation is 1. The first-order valence-electron chi connectivity index (χ1n) is 5.65. The van der Waals surface area contributed by atoms with Crippen molar-refractivity contribution in [2.75, 3.05) is 11.2 Å². The molecule has 2 heterocycles. The molecule has 0 radical (unpaired) electrons. The monoisotopic (exact) mass is 272 g/mol. The Morgan fingerprint density at radius 3 is 3.16 bits per heavy atom. The van der Waals surface area contributed by atoms with Crippen molar-refractivity contribution in [2.24, 2.45) is 12.1 Å². The molecule has 0 unspecified atom stereocenters. The molecule has 0 bridgehead atoms. The summed E-state index contributed by atoms with van der Waals surface area (Å²) in [4.78, 5) is 4.06. The molecule has 2 aromatic heterocycles. The number of fused-ring (bicyclic) bond motifs is 1. The number of rotatable bonds is 3. The van der Waals surface area contributed by atoms with E-state index in [0.29, 0.717) is 10.9 Å². The van der Waals surface area contributed by atoms with Gasteiger partial charge in [0.2, 0.25) is 5.13 Å². The standard InChI is InChI=1S/C12H12N6S/c1-18-6-9-4-2-3-8(11(9)17-18)5-14-16-12-15-10(13)7-19-12/h2-7H,13H2,1H3,(H,15,16). The lowest BCUT2D eigenvalue weighted by Gasteiger charge is -1.95. The molecule has 1 aromatic carbocycles. The van der Waals surface area contributed by atoms with Crippen molar-refractivity contribution < 1.29 is 0 Å². The van der Waals surface area contributed by atoms with Crippen molar-refractivity contribution in [2.45, 2.75) is 0 Å². The second-order valence-electron chi connectivity index (χ2n) is 4.04. The number of hydrogen-bond donors (Lipinski definition) is 2.